The molecule has 0 aliphatic heterocycles. The van der Waals surface area contributed by atoms with Crippen LogP contribution in [0.1, 0.15) is 303 Å². The van der Waals surface area contributed by atoms with E-state index in [0.717, 1.165) is 109 Å². The van der Waals surface area contributed by atoms with Crippen molar-refractivity contribution in [1.29, 1.82) is 0 Å². The molecular formula is C67H116O6. The summed E-state index contributed by atoms with van der Waals surface area (Å²) in [6, 6.07) is 0. The van der Waals surface area contributed by atoms with Crippen LogP contribution in [0, 0.1) is 0 Å². The molecule has 6 heteroatoms. The summed E-state index contributed by atoms with van der Waals surface area (Å²) in [5, 5.41) is 0. The van der Waals surface area contributed by atoms with Crippen LogP contribution in [0.15, 0.2) is 85.1 Å². The van der Waals surface area contributed by atoms with Crippen molar-refractivity contribution in [2.24, 2.45) is 0 Å². The Morgan fingerprint density at radius 2 is 0.493 bits per heavy atom. The second-order valence-corrected chi connectivity index (χ2v) is 20.6. The van der Waals surface area contributed by atoms with E-state index in [1.54, 1.807) is 0 Å². The fraction of sp³-hybridized carbons (Fsp3) is 0.746. The highest BCUT2D eigenvalue weighted by Gasteiger charge is 2.19. The lowest BCUT2D eigenvalue weighted by Gasteiger charge is -2.18. The van der Waals surface area contributed by atoms with Gasteiger partial charge in [-0.15, -0.1) is 0 Å². The summed E-state index contributed by atoms with van der Waals surface area (Å²) in [6.07, 6.45) is 80.0. The third-order valence-corrected chi connectivity index (χ3v) is 13.4. The van der Waals surface area contributed by atoms with E-state index < -0.39 is 6.10 Å². The molecule has 0 aromatic rings. The molecule has 0 spiro atoms. The van der Waals surface area contributed by atoms with Crippen molar-refractivity contribution in [2.45, 2.75) is 309 Å². The molecule has 0 aromatic carbocycles. The number of carbonyl (C=O) groups is 3. The van der Waals surface area contributed by atoms with Crippen LogP contribution in [0.2, 0.25) is 0 Å². The van der Waals surface area contributed by atoms with E-state index in [0.29, 0.717) is 19.3 Å². The van der Waals surface area contributed by atoms with Crippen LogP contribution in [-0.4, -0.2) is 37.2 Å². The Morgan fingerprint density at radius 1 is 0.274 bits per heavy atom. The lowest BCUT2D eigenvalue weighted by molar-refractivity contribution is -0.167. The molecule has 0 N–H and O–H groups in total. The minimum absolute atomic E-state index is 0.0966. The van der Waals surface area contributed by atoms with Crippen molar-refractivity contribution in [3.05, 3.63) is 85.1 Å². The van der Waals surface area contributed by atoms with Gasteiger partial charge in [-0.25, -0.2) is 0 Å². The average molecular weight is 1020 g/mol. The zero-order valence-corrected chi connectivity index (χ0v) is 48.1. The van der Waals surface area contributed by atoms with E-state index >= 15 is 0 Å². The van der Waals surface area contributed by atoms with E-state index in [1.165, 1.54) is 154 Å². The van der Waals surface area contributed by atoms with Gasteiger partial charge < -0.3 is 14.2 Å². The number of ether oxygens (including phenoxy) is 3. The quantitative estimate of drug-likeness (QED) is 0.0261. The van der Waals surface area contributed by atoms with Gasteiger partial charge in [0.2, 0.25) is 0 Å². The van der Waals surface area contributed by atoms with Gasteiger partial charge in [0, 0.05) is 19.3 Å². The number of esters is 3. The molecule has 0 aliphatic rings. The van der Waals surface area contributed by atoms with Gasteiger partial charge in [0.1, 0.15) is 13.2 Å². The number of unbranched alkanes of at least 4 members (excludes halogenated alkanes) is 31. The zero-order chi connectivity index (χ0) is 52.9. The topological polar surface area (TPSA) is 78.9 Å². The van der Waals surface area contributed by atoms with Crippen molar-refractivity contribution in [1.82, 2.24) is 0 Å². The van der Waals surface area contributed by atoms with Gasteiger partial charge >= 0.3 is 17.9 Å². The van der Waals surface area contributed by atoms with Crippen molar-refractivity contribution in [3.8, 4) is 0 Å². The maximum absolute atomic E-state index is 12.9. The molecule has 0 saturated carbocycles. The number of rotatable bonds is 56. The standard InChI is InChI=1S/C67H116O6/c1-4-7-10-13-16-19-22-25-28-31-33-36-39-42-45-48-51-54-57-60-66(69)72-63-64(62-71-65(68)59-56-53-50-47-44-41-38-35-30-27-24-21-18-15-12-9-6-3)73-67(70)61-58-55-52-49-46-43-40-37-34-32-29-26-23-20-17-14-11-8-5-2/h16,18-19,21,25,27-28,30,33,36,38,41-42,45,64H,4-15,17,20,22-24,26,29,31-32,34-35,37,39-40,43-44,46-63H2,1-3H3/b19-16+,21-18+,28-25+,30-27+,36-33+,41-38+,45-42+/t64-/m1/s1. The maximum Gasteiger partial charge on any atom is 0.306 e. The third kappa shape index (κ3) is 59.3. The number of hydrogen-bond donors (Lipinski definition) is 0. The number of carbonyl (C=O) groups excluding carboxylic acids is 3. The molecule has 0 aromatic heterocycles. The Bertz CT molecular complexity index is 1400. The number of allylic oxidation sites excluding steroid dienone is 14. The fourth-order valence-electron chi connectivity index (χ4n) is 8.67. The molecule has 0 heterocycles. The highest BCUT2D eigenvalue weighted by Crippen LogP contribution is 2.16. The lowest BCUT2D eigenvalue weighted by Crippen LogP contribution is -2.30. The monoisotopic (exact) mass is 1020 g/mol. The largest absolute Gasteiger partial charge is 0.462 e. The summed E-state index contributed by atoms with van der Waals surface area (Å²) in [7, 11) is 0. The molecule has 1 atom stereocenters. The molecule has 420 valence electrons. The minimum Gasteiger partial charge on any atom is -0.462 e. The Morgan fingerprint density at radius 3 is 0.808 bits per heavy atom. The van der Waals surface area contributed by atoms with Gasteiger partial charge in [0.15, 0.2) is 6.10 Å². The van der Waals surface area contributed by atoms with E-state index in [-0.39, 0.29) is 31.1 Å². The second-order valence-electron chi connectivity index (χ2n) is 20.6. The summed E-state index contributed by atoms with van der Waals surface area (Å²) in [4.78, 5) is 38.3. The van der Waals surface area contributed by atoms with Crippen LogP contribution in [0.5, 0.6) is 0 Å². The second kappa shape index (κ2) is 61.1. The molecule has 0 aliphatic carbocycles. The Balaban J connectivity index is 4.46. The van der Waals surface area contributed by atoms with Crippen LogP contribution in [0.4, 0.5) is 0 Å². The maximum atomic E-state index is 12.9. The normalized spacial score (nSPS) is 12.6. The number of hydrogen-bond acceptors (Lipinski definition) is 6. The first-order valence-corrected chi connectivity index (χ1v) is 31.1. The summed E-state index contributed by atoms with van der Waals surface area (Å²) >= 11 is 0. The highest BCUT2D eigenvalue weighted by atomic mass is 16.6. The van der Waals surface area contributed by atoms with Gasteiger partial charge in [-0.2, -0.15) is 0 Å². The SMILES string of the molecule is CCCCC/C=C/C/C=C/C/C=C/C/C=C/CCCCCC(=O)OC[C@@H](COC(=O)CCCCCC/C=C/C/C=C/C/C=C/CCCCC)OC(=O)CCCCCCCCCCCCCCCCCCCCC. The molecule has 6 nitrogen and oxygen atoms in total. The molecule has 0 fully saturated rings. The Kier molecular flexibility index (Phi) is 58.3. The summed E-state index contributed by atoms with van der Waals surface area (Å²) in [6.45, 7) is 6.57. The minimum atomic E-state index is -0.799. The first-order valence-electron chi connectivity index (χ1n) is 31.1. The summed E-state index contributed by atoms with van der Waals surface area (Å²) in [5.41, 5.74) is 0. The first-order chi connectivity index (χ1) is 36.0. The van der Waals surface area contributed by atoms with Gasteiger partial charge in [-0.1, -0.05) is 266 Å². The third-order valence-electron chi connectivity index (χ3n) is 13.4. The smallest absolute Gasteiger partial charge is 0.306 e. The molecule has 73 heavy (non-hydrogen) atoms. The molecule has 0 rings (SSSR count). The predicted octanol–water partition coefficient (Wildman–Crippen LogP) is 21.1. The molecule has 0 unspecified atom stereocenters. The van der Waals surface area contributed by atoms with Gasteiger partial charge in [-0.3, -0.25) is 14.4 Å². The molecule has 0 radical (unpaired) electrons. The van der Waals surface area contributed by atoms with E-state index in [1.807, 2.05) is 0 Å². The summed E-state index contributed by atoms with van der Waals surface area (Å²) < 4.78 is 16.9. The van der Waals surface area contributed by atoms with Crippen LogP contribution < -0.4 is 0 Å². The Hall–Kier alpha value is -3.41. The van der Waals surface area contributed by atoms with Gasteiger partial charge in [0.25, 0.3) is 0 Å². The predicted molar refractivity (Wildman–Crippen MR) is 316 cm³/mol. The highest BCUT2D eigenvalue weighted by molar-refractivity contribution is 5.71. The van der Waals surface area contributed by atoms with Crippen molar-refractivity contribution in [2.75, 3.05) is 13.2 Å². The van der Waals surface area contributed by atoms with E-state index in [2.05, 4.69) is 106 Å². The van der Waals surface area contributed by atoms with E-state index in [4.69, 9.17) is 14.2 Å². The Labute approximate surface area is 452 Å². The van der Waals surface area contributed by atoms with Gasteiger partial charge in [0.05, 0.1) is 0 Å². The molecule has 0 saturated heterocycles. The zero-order valence-electron chi connectivity index (χ0n) is 48.1. The van der Waals surface area contributed by atoms with Gasteiger partial charge in [-0.05, 0) is 103 Å². The van der Waals surface area contributed by atoms with Crippen LogP contribution in [0.3, 0.4) is 0 Å². The molecular weight excluding hydrogens is 901 g/mol. The fourth-order valence-corrected chi connectivity index (χ4v) is 8.67. The summed E-state index contributed by atoms with van der Waals surface area (Å²) in [5.74, 6) is -0.935. The first kappa shape index (κ1) is 69.6. The van der Waals surface area contributed by atoms with Crippen LogP contribution in [-0.2, 0) is 28.6 Å². The molecule has 0 amide bonds. The molecule has 0 bridgehead atoms. The van der Waals surface area contributed by atoms with Crippen LogP contribution in [0.25, 0.3) is 0 Å². The van der Waals surface area contributed by atoms with Crippen molar-refractivity contribution in [3.63, 3.8) is 0 Å². The average Bonchev–Trinajstić information content (AvgIpc) is 3.39. The van der Waals surface area contributed by atoms with Crippen molar-refractivity contribution < 1.29 is 28.6 Å². The van der Waals surface area contributed by atoms with Crippen molar-refractivity contribution >= 4 is 17.9 Å². The van der Waals surface area contributed by atoms with Crippen LogP contribution >= 0.6 is 0 Å². The lowest BCUT2D eigenvalue weighted by atomic mass is 10.0. The van der Waals surface area contributed by atoms with E-state index in [9.17, 15) is 14.4 Å².